The number of anilines is 1. The van der Waals surface area contributed by atoms with Crippen LogP contribution in [0.1, 0.15) is 38.7 Å². The van der Waals surface area contributed by atoms with E-state index in [0.717, 1.165) is 19.5 Å². The minimum atomic E-state index is 0.199. The Morgan fingerprint density at radius 2 is 2.05 bits per heavy atom. The lowest BCUT2D eigenvalue weighted by Crippen LogP contribution is -2.40. The van der Waals surface area contributed by atoms with Gasteiger partial charge in [-0.25, -0.2) is 0 Å². The molecule has 1 aromatic rings. The normalized spacial score (nSPS) is 16.9. The predicted octanol–water partition coefficient (Wildman–Crippen LogP) is 2.58. The molecule has 0 saturated heterocycles. The summed E-state index contributed by atoms with van der Waals surface area (Å²) >= 11 is 0. The zero-order chi connectivity index (χ0) is 14.4. The maximum atomic E-state index is 9.47. The van der Waals surface area contributed by atoms with Crippen molar-refractivity contribution in [2.45, 2.75) is 51.6 Å². The number of rotatable bonds is 6. The highest BCUT2D eigenvalue weighted by Crippen LogP contribution is 2.26. The molecule has 0 fully saturated rings. The van der Waals surface area contributed by atoms with Gasteiger partial charge in [0, 0.05) is 30.9 Å². The SMILES string of the molecule is CC(C)NC(CO)CCN1CCCCc2ccccc21. The Morgan fingerprint density at radius 3 is 2.80 bits per heavy atom. The molecule has 1 unspecified atom stereocenters. The molecule has 2 rings (SSSR count). The van der Waals surface area contributed by atoms with Crippen molar-refractivity contribution < 1.29 is 5.11 Å². The van der Waals surface area contributed by atoms with E-state index in [2.05, 4.69) is 48.3 Å². The molecular formula is C17H28N2O. The van der Waals surface area contributed by atoms with Crippen molar-refractivity contribution in [2.75, 3.05) is 24.6 Å². The summed E-state index contributed by atoms with van der Waals surface area (Å²) < 4.78 is 0. The van der Waals surface area contributed by atoms with Crippen LogP contribution in [0.3, 0.4) is 0 Å². The van der Waals surface area contributed by atoms with Gasteiger partial charge in [-0.1, -0.05) is 32.0 Å². The summed E-state index contributed by atoms with van der Waals surface area (Å²) in [5, 5.41) is 12.9. The van der Waals surface area contributed by atoms with Gasteiger partial charge in [-0.3, -0.25) is 0 Å². The van der Waals surface area contributed by atoms with E-state index in [4.69, 9.17) is 0 Å². The number of aliphatic hydroxyl groups excluding tert-OH is 1. The van der Waals surface area contributed by atoms with Crippen LogP contribution in [0.15, 0.2) is 24.3 Å². The molecule has 1 heterocycles. The summed E-state index contributed by atoms with van der Waals surface area (Å²) in [5.41, 5.74) is 2.87. The number of aryl methyl sites for hydroxylation is 1. The molecule has 0 bridgehead atoms. The van der Waals surface area contributed by atoms with Gasteiger partial charge in [-0.2, -0.15) is 0 Å². The van der Waals surface area contributed by atoms with Crippen molar-refractivity contribution in [1.29, 1.82) is 0 Å². The van der Waals surface area contributed by atoms with Gasteiger partial charge >= 0.3 is 0 Å². The predicted molar refractivity (Wildman–Crippen MR) is 85.4 cm³/mol. The van der Waals surface area contributed by atoms with Crippen LogP contribution >= 0.6 is 0 Å². The highest BCUT2D eigenvalue weighted by atomic mass is 16.3. The van der Waals surface area contributed by atoms with Crippen LogP contribution in [-0.2, 0) is 6.42 Å². The first-order chi connectivity index (χ1) is 9.70. The maximum absolute atomic E-state index is 9.47. The number of nitrogens with zero attached hydrogens (tertiary/aromatic N) is 1. The van der Waals surface area contributed by atoms with Gasteiger partial charge in [-0.05, 0) is 37.3 Å². The Labute approximate surface area is 123 Å². The number of hydrogen-bond acceptors (Lipinski definition) is 3. The first-order valence-electron chi connectivity index (χ1n) is 7.90. The van der Waals surface area contributed by atoms with Crippen LogP contribution < -0.4 is 10.2 Å². The number of para-hydroxylation sites is 1. The number of fused-ring (bicyclic) bond motifs is 1. The summed E-state index contributed by atoms with van der Waals surface area (Å²) in [5.74, 6) is 0. The summed E-state index contributed by atoms with van der Waals surface area (Å²) in [6.45, 7) is 6.63. The molecule has 0 amide bonds. The van der Waals surface area contributed by atoms with E-state index in [9.17, 15) is 5.11 Å². The van der Waals surface area contributed by atoms with Crippen molar-refractivity contribution in [3.8, 4) is 0 Å². The van der Waals surface area contributed by atoms with E-state index in [1.165, 1.54) is 30.5 Å². The molecule has 0 radical (unpaired) electrons. The molecule has 1 atom stereocenters. The zero-order valence-corrected chi connectivity index (χ0v) is 12.8. The summed E-state index contributed by atoms with van der Waals surface area (Å²) in [6.07, 6.45) is 4.72. The van der Waals surface area contributed by atoms with Crippen molar-refractivity contribution in [3.05, 3.63) is 29.8 Å². The van der Waals surface area contributed by atoms with Crippen LogP contribution in [0.25, 0.3) is 0 Å². The molecule has 1 aromatic carbocycles. The largest absolute Gasteiger partial charge is 0.395 e. The van der Waals surface area contributed by atoms with E-state index in [1.54, 1.807) is 0 Å². The average Bonchev–Trinajstić information content (AvgIpc) is 2.65. The van der Waals surface area contributed by atoms with Gasteiger partial charge in [0.25, 0.3) is 0 Å². The quantitative estimate of drug-likeness (QED) is 0.838. The van der Waals surface area contributed by atoms with Gasteiger partial charge in [0.15, 0.2) is 0 Å². The van der Waals surface area contributed by atoms with Gasteiger partial charge < -0.3 is 15.3 Å². The fraction of sp³-hybridized carbons (Fsp3) is 0.647. The Hall–Kier alpha value is -1.06. The van der Waals surface area contributed by atoms with Crippen molar-refractivity contribution >= 4 is 5.69 Å². The molecule has 0 spiro atoms. The second kappa shape index (κ2) is 7.65. The summed E-state index contributed by atoms with van der Waals surface area (Å²) in [6, 6.07) is 9.38. The minimum absolute atomic E-state index is 0.199. The minimum Gasteiger partial charge on any atom is -0.395 e. The number of nitrogens with one attached hydrogen (secondary N) is 1. The molecule has 3 heteroatoms. The van der Waals surface area contributed by atoms with E-state index in [-0.39, 0.29) is 12.6 Å². The number of hydrogen-bond donors (Lipinski definition) is 2. The van der Waals surface area contributed by atoms with Crippen LogP contribution in [-0.4, -0.2) is 36.9 Å². The van der Waals surface area contributed by atoms with E-state index in [1.807, 2.05) is 0 Å². The molecule has 0 aliphatic carbocycles. The van der Waals surface area contributed by atoms with E-state index in [0.29, 0.717) is 6.04 Å². The molecule has 20 heavy (non-hydrogen) atoms. The first-order valence-corrected chi connectivity index (χ1v) is 7.90. The van der Waals surface area contributed by atoms with Crippen LogP contribution in [0.2, 0.25) is 0 Å². The molecule has 112 valence electrons. The smallest absolute Gasteiger partial charge is 0.0585 e. The second-order valence-electron chi connectivity index (χ2n) is 6.06. The third-order valence-corrected chi connectivity index (χ3v) is 3.99. The fourth-order valence-electron chi connectivity index (χ4n) is 3.01. The number of benzene rings is 1. The first kappa shape index (κ1) is 15.3. The lowest BCUT2D eigenvalue weighted by atomic mass is 10.1. The average molecular weight is 276 g/mol. The Balaban J connectivity index is 1.98. The van der Waals surface area contributed by atoms with Gasteiger partial charge in [-0.15, -0.1) is 0 Å². The van der Waals surface area contributed by atoms with Gasteiger partial charge in [0.05, 0.1) is 6.61 Å². The molecule has 3 nitrogen and oxygen atoms in total. The van der Waals surface area contributed by atoms with Crippen LogP contribution in [0, 0.1) is 0 Å². The molecule has 1 aliphatic heterocycles. The molecule has 2 N–H and O–H groups in total. The van der Waals surface area contributed by atoms with Gasteiger partial charge in [0.1, 0.15) is 0 Å². The van der Waals surface area contributed by atoms with Crippen LogP contribution in [0.5, 0.6) is 0 Å². The van der Waals surface area contributed by atoms with E-state index < -0.39 is 0 Å². The fourth-order valence-corrected chi connectivity index (χ4v) is 3.01. The maximum Gasteiger partial charge on any atom is 0.0585 e. The lowest BCUT2D eigenvalue weighted by molar-refractivity contribution is 0.229. The Kier molecular flexibility index (Phi) is 5.86. The highest BCUT2D eigenvalue weighted by Gasteiger charge is 2.16. The lowest BCUT2D eigenvalue weighted by Gasteiger charge is -2.28. The third-order valence-electron chi connectivity index (χ3n) is 3.99. The second-order valence-corrected chi connectivity index (χ2v) is 6.06. The van der Waals surface area contributed by atoms with Crippen molar-refractivity contribution in [1.82, 2.24) is 5.32 Å². The van der Waals surface area contributed by atoms with E-state index >= 15 is 0 Å². The monoisotopic (exact) mass is 276 g/mol. The summed E-state index contributed by atoms with van der Waals surface area (Å²) in [4.78, 5) is 2.49. The molecule has 1 aliphatic rings. The molecular weight excluding hydrogens is 248 g/mol. The third kappa shape index (κ3) is 4.22. The standard InChI is InChI=1S/C17H28N2O/c1-14(2)18-16(13-20)10-12-19-11-6-5-8-15-7-3-4-9-17(15)19/h3-4,7,9,14,16,18,20H,5-6,8,10-13H2,1-2H3. The number of aliphatic hydroxyl groups is 1. The molecule has 0 saturated carbocycles. The molecule has 0 aromatic heterocycles. The van der Waals surface area contributed by atoms with Crippen molar-refractivity contribution in [3.63, 3.8) is 0 Å². The van der Waals surface area contributed by atoms with Crippen LogP contribution in [0.4, 0.5) is 5.69 Å². The zero-order valence-electron chi connectivity index (χ0n) is 12.8. The summed E-state index contributed by atoms with van der Waals surface area (Å²) in [7, 11) is 0. The Bertz CT molecular complexity index is 406. The van der Waals surface area contributed by atoms with Crippen molar-refractivity contribution in [2.24, 2.45) is 0 Å². The Morgan fingerprint density at radius 1 is 1.25 bits per heavy atom. The topological polar surface area (TPSA) is 35.5 Å². The highest BCUT2D eigenvalue weighted by molar-refractivity contribution is 5.54. The van der Waals surface area contributed by atoms with Gasteiger partial charge in [0.2, 0.25) is 0 Å².